The van der Waals surface area contributed by atoms with Crippen LogP contribution in [0.15, 0.2) is 0 Å². The molecule has 1 saturated carbocycles. The van der Waals surface area contributed by atoms with Crippen molar-refractivity contribution in [3.8, 4) is 0 Å². The molecule has 0 amide bonds. The first kappa shape index (κ1) is 37.8. The molecule has 4 nitrogen and oxygen atoms in total. The van der Waals surface area contributed by atoms with Crippen LogP contribution in [0.1, 0.15) is 32.1 Å². The standard InChI is InChI=1S/C18H19F17O4S2/c1-40(2,8-10(36)9-6-4-3-5-7-9)39-41(37,38)18(34,35)16(29,30)14(25,26)12(21,22)11(19,20)13(23,24)15(27,28)17(31,32)33/h9H,3-8H2,1-2H3. The van der Waals surface area contributed by atoms with Gasteiger partial charge < -0.3 is 0 Å². The Bertz CT molecular complexity index is 1080. The van der Waals surface area contributed by atoms with E-state index in [1.807, 2.05) is 0 Å². The molecule has 0 atom stereocenters. The predicted octanol–water partition coefficient (Wildman–Crippen LogP) is 7.43. The maximum absolute atomic E-state index is 14.2. The van der Waals surface area contributed by atoms with Gasteiger partial charge in [-0.25, -0.2) is 3.63 Å². The lowest BCUT2D eigenvalue weighted by molar-refractivity contribution is -0.458. The van der Waals surface area contributed by atoms with Crippen LogP contribution in [0.25, 0.3) is 0 Å². The second-order valence-corrected chi connectivity index (χ2v) is 14.5. The number of carbonyl (C=O) groups is 1. The molecule has 0 spiro atoms. The largest absolute Gasteiger partial charge is 0.460 e. The Balaban J connectivity index is 3.52. The summed E-state index contributed by atoms with van der Waals surface area (Å²) in [5.41, 5.74) is 0. The summed E-state index contributed by atoms with van der Waals surface area (Å²) in [6.07, 6.45) is -4.82. The fourth-order valence-corrected chi connectivity index (χ4v) is 7.34. The van der Waals surface area contributed by atoms with Gasteiger partial charge in [0.1, 0.15) is 5.78 Å². The molecular formula is C18H19F17O4S2. The molecule has 0 heterocycles. The number of hydrogen-bond acceptors (Lipinski definition) is 4. The van der Waals surface area contributed by atoms with Gasteiger partial charge >= 0.3 is 57.1 Å². The Kier molecular flexibility index (Phi) is 9.88. The van der Waals surface area contributed by atoms with Gasteiger partial charge in [0.25, 0.3) is 0 Å². The van der Waals surface area contributed by atoms with E-state index in [0.717, 1.165) is 0 Å². The van der Waals surface area contributed by atoms with Crippen molar-refractivity contribution in [1.29, 1.82) is 0 Å². The van der Waals surface area contributed by atoms with E-state index in [1.54, 1.807) is 0 Å². The van der Waals surface area contributed by atoms with Crippen LogP contribution in [0.4, 0.5) is 74.6 Å². The Morgan fingerprint density at radius 2 is 0.951 bits per heavy atom. The molecule has 1 aliphatic rings. The molecule has 41 heavy (non-hydrogen) atoms. The highest BCUT2D eigenvalue weighted by atomic mass is 32.3. The second-order valence-electron chi connectivity index (χ2n) is 9.37. The zero-order valence-electron chi connectivity index (χ0n) is 20.2. The zero-order valence-corrected chi connectivity index (χ0v) is 21.8. The molecule has 0 aliphatic heterocycles. The van der Waals surface area contributed by atoms with Gasteiger partial charge in [-0.1, -0.05) is 19.3 Å². The molecule has 1 aliphatic carbocycles. The zero-order chi connectivity index (χ0) is 33.1. The number of Topliss-reactive ketones (excluding diaryl/α,β-unsaturated/α-hetero) is 1. The van der Waals surface area contributed by atoms with E-state index in [-0.39, 0.29) is 12.8 Å². The van der Waals surface area contributed by atoms with Crippen molar-refractivity contribution in [3.63, 3.8) is 0 Å². The Labute approximate surface area is 221 Å². The number of hydrogen-bond donors (Lipinski definition) is 0. The fourth-order valence-electron chi connectivity index (χ4n) is 3.50. The third-order valence-electron chi connectivity index (χ3n) is 5.83. The van der Waals surface area contributed by atoms with E-state index >= 15 is 0 Å². The average Bonchev–Trinajstić information content (AvgIpc) is 2.76. The summed E-state index contributed by atoms with van der Waals surface area (Å²) in [6, 6.07) is 0. The molecule has 246 valence electrons. The summed E-state index contributed by atoms with van der Waals surface area (Å²) in [7, 11) is -11.6. The number of halogens is 17. The Morgan fingerprint density at radius 1 is 0.610 bits per heavy atom. The van der Waals surface area contributed by atoms with Crippen LogP contribution in [0.2, 0.25) is 0 Å². The lowest BCUT2D eigenvalue weighted by Gasteiger charge is -2.42. The molecule has 0 aromatic carbocycles. The highest BCUT2D eigenvalue weighted by Crippen LogP contribution is 2.65. The van der Waals surface area contributed by atoms with Gasteiger partial charge in [-0.15, -0.1) is 10.3 Å². The van der Waals surface area contributed by atoms with Crippen LogP contribution in [0.3, 0.4) is 0 Å². The highest BCUT2D eigenvalue weighted by Gasteiger charge is 2.96. The normalized spacial score (nSPS) is 18.9. The number of carbonyl (C=O) groups excluding carboxylic acids is 1. The maximum Gasteiger partial charge on any atom is 0.460 e. The molecule has 0 bridgehead atoms. The molecule has 0 saturated heterocycles. The number of ketones is 1. The van der Waals surface area contributed by atoms with Crippen LogP contribution in [-0.2, 0) is 18.5 Å². The molecular weight excluding hydrogens is 667 g/mol. The van der Waals surface area contributed by atoms with E-state index in [9.17, 15) is 87.8 Å². The molecule has 0 unspecified atom stereocenters. The topological polar surface area (TPSA) is 60.4 Å². The molecule has 0 aromatic rings. The van der Waals surface area contributed by atoms with Crippen LogP contribution in [0, 0.1) is 5.92 Å². The minimum Gasteiger partial charge on any atom is -0.298 e. The second kappa shape index (κ2) is 10.7. The smallest absolute Gasteiger partial charge is 0.298 e. The van der Waals surface area contributed by atoms with Crippen LogP contribution in [-0.4, -0.2) is 79.4 Å². The highest BCUT2D eigenvalue weighted by molar-refractivity contribution is 8.32. The van der Waals surface area contributed by atoms with Gasteiger partial charge in [-0.05, 0) is 25.4 Å². The number of alkyl halides is 17. The van der Waals surface area contributed by atoms with Crippen molar-refractivity contribution in [2.45, 2.75) is 79.1 Å². The molecule has 1 fully saturated rings. The molecule has 0 N–H and O–H groups in total. The first-order valence-corrected chi connectivity index (χ1v) is 14.6. The molecule has 0 aromatic heterocycles. The lowest BCUT2D eigenvalue weighted by Crippen LogP contribution is -2.75. The number of rotatable bonds is 12. The lowest BCUT2D eigenvalue weighted by atomic mass is 9.87. The fraction of sp³-hybridized carbons (Fsp3) is 0.944. The van der Waals surface area contributed by atoms with Gasteiger partial charge in [-0.2, -0.15) is 83.1 Å². The van der Waals surface area contributed by atoms with E-state index in [0.29, 0.717) is 31.8 Å². The van der Waals surface area contributed by atoms with Crippen molar-refractivity contribution in [2.75, 3.05) is 18.3 Å². The molecule has 0 radical (unpaired) electrons. The Morgan fingerprint density at radius 3 is 1.32 bits per heavy atom. The van der Waals surface area contributed by atoms with Gasteiger partial charge in [0.2, 0.25) is 0 Å². The third kappa shape index (κ3) is 5.95. The molecule has 1 rings (SSSR count). The summed E-state index contributed by atoms with van der Waals surface area (Å²) < 4.78 is 255. The average molecular weight is 686 g/mol. The summed E-state index contributed by atoms with van der Waals surface area (Å²) in [4.78, 5) is 12.3. The van der Waals surface area contributed by atoms with Crippen molar-refractivity contribution < 1.29 is 91.5 Å². The quantitative estimate of drug-likeness (QED) is 0.201. The van der Waals surface area contributed by atoms with Crippen LogP contribution in [0.5, 0.6) is 0 Å². The van der Waals surface area contributed by atoms with Gasteiger partial charge in [0.05, 0.1) is 5.75 Å². The summed E-state index contributed by atoms with van der Waals surface area (Å²) in [6.45, 7) is 0. The van der Waals surface area contributed by atoms with Crippen molar-refractivity contribution in [3.05, 3.63) is 0 Å². The monoisotopic (exact) mass is 686 g/mol. The van der Waals surface area contributed by atoms with E-state index in [4.69, 9.17) is 0 Å². The predicted molar refractivity (Wildman–Crippen MR) is 107 cm³/mol. The summed E-state index contributed by atoms with van der Waals surface area (Å²) in [5, 5.41) is -7.76. The summed E-state index contributed by atoms with van der Waals surface area (Å²) >= 11 is 0. The first-order chi connectivity index (χ1) is 17.7. The van der Waals surface area contributed by atoms with Gasteiger partial charge in [0, 0.05) is 5.92 Å². The van der Waals surface area contributed by atoms with E-state index in [1.165, 1.54) is 0 Å². The Hall–Kier alpha value is -1.26. The van der Waals surface area contributed by atoms with Crippen molar-refractivity contribution >= 4 is 26.2 Å². The van der Waals surface area contributed by atoms with E-state index < -0.39 is 84.8 Å². The maximum atomic E-state index is 14.2. The van der Waals surface area contributed by atoms with E-state index in [2.05, 4.69) is 3.63 Å². The summed E-state index contributed by atoms with van der Waals surface area (Å²) in [5.74, 6) is -54.9. The minimum atomic E-state index is -8.92. The third-order valence-corrected chi connectivity index (χ3v) is 9.89. The van der Waals surface area contributed by atoms with Gasteiger partial charge in [-0.3, -0.25) is 4.79 Å². The van der Waals surface area contributed by atoms with Crippen LogP contribution < -0.4 is 0 Å². The van der Waals surface area contributed by atoms with Gasteiger partial charge in [0.15, 0.2) is 0 Å². The first-order valence-electron chi connectivity index (χ1n) is 10.6. The minimum absolute atomic E-state index is 0.211. The SMILES string of the molecule is CS(C)(CC(=O)C1CCCCC1)OS(=O)(=O)C(F)(F)C(F)(F)C(F)(F)C(F)(F)C(F)(F)C(F)(F)C(F)(F)C(F)(F)F. The molecule has 23 heteroatoms. The van der Waals surface area contributed by atoms with Crippen molar-refractivity contribution in [2.24, 2.45) is 5.92 Å². The van der Waals surface area contributed by atoms with Crippen LogP contribution >= 0.6 is 10.3 Å². The van der Waals surface area contributed by atoms with Crippen molar-refractivity contribution in [1.82, 2.24) is 0 Å².